The van der Waals surface area contributed by atoms with Crippen LogP contribution in [-0.4, -0.2) is 70.4 Å². The number of rotatable bonds is 4. The lowest BCUT2D eigenvalue weighted by Crippen LogP contribution is -2.36. The number of fused-ring (bicyclic) bond motifs is 1. The Hall–Kier alpha value is -1.31. The van der Waals surface area contributed by atoms with Crippen molar-refractivity contribution in [2.45, 2.75) is 51.1 Å². The number of hydrogen-bond donors (Lipinski definition) is 1. The van der Waals surface area contributed by atoms with E-state index in [9.17, 15) is 9.59 Å². The van der Waals surface area contributed by atoms with Crippen LogP contribution in [0.5, 0.6) is 0 Å². The second-order valence-electron chi connectivity index (χ2n) is 7.98. The van der Waals surface area contributed by atoms with E-state index in [1.165, 1.54) is 12.8 Å². The molecule has 2 amide bonds. The molecular weight excluding hydrogens is 401 g/mol. The van der Waals surface area contributed by atoms with Crippen LogP contribution in [0.1, 0.15) is 48.4 Å². The number of nitrogens with one attached hydrogen (secondary N) is 1. The van der Waals surface area contributed by atoms with Crippen LogP contribution in [0.3, 0.4) is 0 Å². The highest BCUT2D eigenvalue weighted by Gasteiger charge is 2.36. The molecule has 1 atom stereocenters. The molecule has 4 rings (SSSR count). The maximum atomic E-state index is 12.8. The van der Waals surface area contributed by atoms with Gasteiger partial charge in [0.15, 0.2) is 0 Å². The highest BCUT2D eigenvalue weighted by Crippen LogP contribution is 2.29. The summed E-state index contributed by atoms with van der Waals surface area (Å²) in [6.45, 7) is 4.09. The fourth-order valence-electron chi connectivity index (χ4n) is 4.64. The van der Waals surface area contributed by atoms with Crippen molar-refractivity contribution in [3.8, 4) is 0 Å². The molecule has 1 aromatic heterocycles. The van der Waals surface area contributed by atoms with E-state index in [1.807, 2.05) is 13.2 Å². The summed E-state index contributed by atoms with van der Waals surface area (Å²) in [5.41, 5.74) is 0.529. The maximum Gasteiger partial charge on any atom is 0.273 e. The van der Waals surface area contributed by atoms with Gasteiger partial charge in [-0.3, -0.25) is 9.59 Å². The molecule has 1 saturated heterocycles. The zero-order chi connectivity index (χ0) is 18.1. The van der Waals surface area contributed by atoms with Crippen molar-refractivity contribution in [2.24, 2.45) is 5.92 Å². The van der Waals surface area contributed by atoms with Gasteiger partial charge >= 0.3 is 0 Å². The SMILES string of the molecule is CN(CC1CC(=O)N(C2CCCC2)C1)C(=O)c1cn2c(n1)CCNCC2.Cl.Cl. The largest absolute Gasteiger partial charge is 0.340 e. The first-order valence-corrected chi connectivity index (χ1v) is 9.93. The van der Waals surface area contributed by atoms with Crippen molar-refractivity contribution in [3.05, 3.63) is 17.7 Å². The molecule has 3 heterocycles. The Kier molecular flexibility index (Phi) is 8.16. The van der Waals surface area contributed by atoms with Crippen molar-refractivity contribution >= 4 is 36.6 Å². The number of nitrogens with zero attached hydrogens (tertiary/aromatic N) is 4. The van der Waals surface area contributed by atoms with Crippen LogP contribution < -0.4 is 5.32 Å². The Morgan fingerprint density at radius 3 is 2.79 bits per heavy atom. The van der Waals surface area contributed by atoms with Gasteiger partial charge < -0.3 is 19.7 Å². The van der Waals surface area contributed by atoms with Crippen LogP contribution in [0.2, 0.25) is 0 Å². The Morgan fingerprint density at radius 2 is 2.04 bits per heavy atom. The van der Waals surface area contributed by atoms with E-state index in [2.05, 4.69) is 19.8 Å². The zero-order valence-electron chi connectivity index (χ0n) is 16.4. The third-order valence-corrected chi connectivity index (χ3v) is 6.02. The third kappa shape index (κ3) is 4.81. The summed E-state index contributed by atoms with van der Waals surface area (Å²) in [6.07, 6.45) is 8.05. The van der Waals surface area contributed by atoms with Crippen molar-refractivity contribution in [1.82, 2.24) is 24.7 Å². The third-order valence-electron chi connectivity index (χ3n) is 6.02. The average Bonchev–Trinajstić information content (AvgIpc) is 3.32. The zero-order valence-corrected chi connectivity index (χ0v) is 18.1. The predicted molar refractivity (Wildman–Crippen MR) is 112 cm³/mol. The predicted octanol–water partition coefficient (Wildman–Crippen LogP) is 1.74. The van der Waals surface area contributed by atoms with E-state index in [0.717, 1.165) is 51.3 Å². The minimum atomic E-state index is -0.0368. The summed E-state index contributed by atoms with van der Waals surface area (Å²) in [7, 11) is 1.83. The topological polar surface area (TPSA) is 70.5 Å². The molecule has 0 bridgehead atoms. The van der Waals surface area contributed by atoms with Gasteiger partial charge in [0.2, 0.25) is 5.91 Å². The highest BCUT2D eigenvalue weighted by molar-refractivity contribution is 5.92. The molecule has 1 saturated carbocycles. The molecule has 158 valence electrons. The van der Waals surface area contributed by atoms with Gasteiger partial charge in [0, 0.05) is 70.8 Å². The molecule has 0 radical (unpaired) electrons. The monoisotopic (exact) mass is 431 g/mol. The molecule has 7 nitrogen and oxygen atoms in total. The van der Waals surface area contributed by atoms with E-state index in [-0.39, 0.29) is 42.5 Å². The van der Waals surface area contributed by atoms with Crippen LogP contribution in [0.4, 0.5) is 0 Å². The van der Waals surface area contributed by atoms with Crippen molar-refractivity contribution in [2.75, 3.05) is 33.2 Å². The highest BCUT2D eigenvalue weighted by atomic mass is 35.5. The Labute approximate surface area is 179 Å². The van der Waals surface area contributed by atoms with Crippen LogP contribution in [0, 0.1) is 5.92 Å². The van der Waals surface area contributed by atoms with Crippen molar-refractivity contribution in [1.29, 1.82) is 0 Å². The van der Waals surface area contributed by atoms with Gasteiger partial charge in [0.1, 0.15) is 11.5 Å². The van der Waals surface area contributed by atoms with Gasteiger partial charge in [-0.15, -0.1) is 24.8 Å². The summed E-state index contributed by atoms with van der Waals surface area (Å²) in [5, 5.41) is 3.34. The smallest absolute Gasteiger partial charge is 0.273 e. The number of halogens is 2. The number of hydrogen-bond acceptors (Lipinski definition) is 4. The summed E-state index contributed by atoms with van der Waals surface area (Å²) >= 11 is 0. The van der Waals surface area contributed by atoms with Crippen molar-refractivity contribution < 1.29 is 9.59 Å². The quantitative estimate of drug-likeness (QED) is 0.787. The van der Waals surface area contributed by atoms with Crippen LogP contribution in [0.25, 0.3) is 0 Å². The first-order chi connectivity index (χ1) is 12.6. The van der Waals surface area contributed by atoms with Crippen LogP contribution in [0.15, 0.2) is 6.20 Å². The summed E-state index contributed by atoms with van der Waals surface area (Å²) in [6, 6.07) is 0.436. The summed E-state index contributed by atoms with van der Waals surface area (Å²) < 4.78 is 2.09. The van der Waals surface area contributed by atoms with Gasteiger partial charge in [-0.2, -0.15) is 0 Å². The van der Waals surface area contributed by atoms with E-state index < -0.39 is 0 Å². The molecule has 0 aromatic carbocycles. The van der Waals surface area contributed by atoms with Crippen LogP contribution >= 0.6 is 24.8 Å². The van der Waals surface area contributed by atoms with Gasteiger partial charge in [0.25, 0.3) is 5.91 Å². The molecule has 1 aliphatic carbocycles. The molecule has 9 heteroatoms. The number of carbonyl (C=O) groups is 2. The van der Waals surface area contributed by atoms with E-state index in [4.69, 9.17) is 0 Å². The standard InChI is InChI=1S/C19H29N5O2.2ClH/c1-22(11-14-10-18(25)24(12-14)15-4-2-3-5-15)19(26)16-13-23-9-8-20-7-6-17(23)21-16;;/h13-15,20H,2-12H2,1H3;2*1H. The molecule has 3 aliphatic rings. The molecule has 2 aliphatic heterocycles. The average molecular weight is 432 g/mol. The van der Waals surface area contributed by atoms with E-state index in [1.54, 1.807) is 4.90 Å². The second kappa shape index (κ2) is 9.94. The lowest BCUT2D eigenvalue weighted by molar-refractivity contribution is -0.129. The second-order valence-corrected chi connectivity index (χ2v) is 7.98. The number of imidazole rings is 1. The number of carbonyl (C=O) groups excluding carboxylic acids is 2. The van der Waals surface area contributed by atoms with Crippen molar-refractivity contribution in [3.63, 3.8) is 0 Å². The van der Waals surface area contributed by atoms with E-state index in [0.29, 0.717) is 24.7 Å². The fourth-order valence-corrected chi connectivity index (χ4v) is 4.64. The van der Waals surface area contributed by atoms with Gasteiger partial charge in [-0.25, -0.2) is 4.98 Å². The Bertz CT molecular complexity index is 666. The number of aromatic nitrogens is 2. The fraction of sp³-hybridized carbons (Fsp3) is 0.737. The molecule has 0 spiro atoms. The maximum absolute atomic E-state index is 12.8. The normalized spacial score (nSPS) is 22.2. The minimum Gasteiger partial charge on any atom is -0.340 e. The summed E-state index contributed by atoms with van der Waals surface area (Å²) in [4.78, 5) is 33.5. The lowest BCUT2D eigenvalue weighted by atomic mass is 10.1. The minimum absolute atomic E-state index is 0. The molecule has 2 fully saturated rings. The first kappa shape index (κ1) is 23.0. The molecule has 1 unspecified atom stereocenters. The summed E-state index contributed by atoms with van der Waals surface area (Å²) in [5.74, 6) is 1.45. The molecule has 1 N–H and O–H groups in total. The van der Waals surface area contributed by atoms with E-state index >= 15 is 0 Å². The number of amides is 2. The number of likely N-dealkylation sites (tertiary alicyclic amines) is 1. The molecular formula is C19H31Cl2N5O2. The van der Waals surface area contributed by atoms with Gasteiger partial charge in [-0.05, 0) is 12.8 Å². The van der Waals surface area contributed by atoms with Gasteiger partial charge in [-0.1, -0.05) is 12.8 Å². The van der Waals surface area contributed by atoms with Gasteiger partial charge in [0.05, 0.1) is 0 Å². The molecule has 1 aromatic rings. The molecule has 28 heavy (non-hydrogen) atoms. The Morgan fingerprint density at radius 1 is 1.29 bits per heavy atom. The Balaban J connectivity index is 0.00000140. The first-order valence-electron chi connectivity index (χ1n) is 9.93. The van der Waals surface area contributed by atoms with Crippen LogP contribution in [-0.2, 0) is 17.8 Å². The lowest BCUT2D eigenvalue weighted by Gasteiger charge is -2.25.